The van der Waals surface area contributed by atoms with E-state index in [-0.39, 0.29) is 5.91 Å². The molecule has 0 aliphatic carbocycles. The van der Waals surface area contributed by atoms with Crippen molar-refractivity contribution in [1.82, 2.24) is 9.78 Å². The highest BCUT2D eigenvalue weighted by molar-refractivity contribution is 6.04. The predicted octanol–water partition coefficient (Wildman–Crippen LogP) is 6.23. The molecular formula is C30H23N3O3. The van der Waals surface area contributed by atoms with Crippen molar-refractivity contribution in [3.8, 4) is 39.7 Å². The zero-order chi connectivity index (χ0) is 24.3. The van der Waals surface area contributed by atoms with Crippen molar-refractivity contribution >= 4 is 11.6 Å². The van der Waals surface area contributed by atoms with Crippen LogP contribution in [0.15, 0.2) is 109 Å². The van der Waals surface area contributed by atoms with Gasteiger partial charge in [0, 0.05) is 28.4 Å². The van der Waals surface area contributed by atoms with Crippen LogP contribution in [0.5, 0.6) is 11.5 Å². The zero-order valence-electron chi connectivity index (χ0n) is 19.4. The summed E-state index contributed by atoms with van der Waals surface area (Å²) in [6.07, 6.45) is 0. The SMILES string of the molecule is O=C(Nc1ccc2c(c1)OCCO2)c1ccc(-n2nc(-c3ccccc3)cc2-c2ccccc2)cc1. The number of aromatic nitrogens is 2. The fraction of sp³-hybridized carbons (Fsp3) is 0.0667. The summed E-state index contributed by atoms with van der Waals surface area (Å²) < 4.78 is 13.1. The van der Waals surface area contributed by atoms with Gasteiger partial charge in [-0.05, 0) is 42.5 Å². The van der Waals surface area contributed by atoms with Crippen LogP contribution in [0.2, 0.25) is 0 Å². The van der Waals surface area contributed by atoms with Gasteiger partial charge in [-0.3, -0.25) is 4.79 Å². The summed E-state index contributed by atoms with van der Waals surface area (Å²) in [6.45, 7) is 1.02. The van der Waals surface area contributed by atoms with Gasteiger partial charge >= 0.3 is 0 Å². The molecular weight excluding hydrogens is 450 g/mol. The average molecular weight is 474 g/mol. The number of carbonyl (C=O) groups is 1. The molecule has 0 saturated heterocycles. The van der Waals surface area contributed by atoms with E-state index in [1.165, 1.54) is 0 Å². The monoisotopic (exact) mass is 473 g/mol. The summed E-state index contributed by atoms with van der Waals surface area (Å²) in [6, 6.07) is 35.2. The van der Waals surface area contributed by atoms with Gasteiger partial charge in [-0.15, -0.1) is 0 Å². The van der Waals surface area contributed by atoms with Crippen LogP contribution in [0.25, 0.3) is 28.2 Å². The van der Waals surface area contributed by atoms with Crippen LogP contribution in [0.1, 0.15) is 10.4 Å². The number of nitrogens with zero attached hydrogens (tertiary/aromatic N) is 2. The van der Waals surface area contributed by atoms with Crippen molar-refractivity contribution in [3.63, 3.8) is 0 Å². The van der Waals surface area contributed by atoms with Crippen LogP contribution in [0, 0.1) is 0 Å². The standard InChI is InChI=1S/C30H23N3O3/c34-30(31-24-13-16-28-29(19-24)36-18-17-35-28)23-11-14-25(15-12-23)33-27(22-9-5-2-6-10-22)20-26(32-33)21-7-3-1-4-8-21/h1-16,19-20H,17-18H2,(H,31,34). The topological polar surface area (TPSA) is 65.4 Å². The van der Waals surface area contributed by atoms with E-state index < -0.39 is 0 Å². The Morgan fingerprint density at radius 1 is 0.722 bits per heavy atom. The van der Waals surface area contributed by atoms with Gasteiger partial charge < -0.3 is 14.8 Å². The molecule has 2 heterocycles. The third kappa shape index (κ3) is 4.32. The molecule has 0 bridgehead atoms. The van der Waals surface area contributed by atoms with E-state index >= 15 is 0 Å². The lowest BCUT2D eigenvalue weighted by molar-refractivity contribution is 0.102. The maximum Gasteiger partial charge on any atom is 0.255 e. The van der Waals surface area contributed by atoms with E-state index in [0.717, 1.165) is 28.2 Å². The van der Waals surface area contributed by atoms with Crippen LogP contribution >= 0.6 is 0 Å². The Kier molecular flexibility index (Phi) is 5.68. The quantitative estimate of drug-likeness (QED) is 0.329. The molecule has 0 saturated carbocycles. The van der Waals surface area contributed by atoms with E-state index in [2.05, 4.69) is 23.5 Å². The lowest BCUT2D eigenvalue weighted by Crippen LogP contribution is -2.16. The molecule has 0 unspecified atom stereocenters. The van der Waals surface area contributed by atoms with Crippen LogP contribution in [-0.2, 0) is 0 Å². The Labute approximate surface area is 208 Å². The van der Waals surface area contributed by atoms with E-state index in [4.69, 9.17) is 14.6 Å². The largest absolute Gasteiger partial charge is 0.486 e. The molecule has 1 aromatic heterocycles. The molecule has 36 heavy (non-hydrogen) atoms. The molecule has 6 rings (SSSR count). The molecule has 176 valence electrons. The minimum atomic E-state index is -0.202. The number of nitrogens with one attached hydrogen (secondary N) is 1. The zero-order valence-corrected chi connectivity index (χ0v) is 19.4. The first kappa shape index (κ1) is 21.7. The maximum absolute atomic E-state index is 12.9. The number of fused-ring (bicyclic) bond motifs is 1. The van der Waals surface area contributed by atoms with Crippen molar-refractivity contribution in [2.75, 3.05) is 18.5 Å². The first-order chi connectivity index (χ1) is 17.7. The average Bonchev–Trinajstić information content (AvgIpc) is 3.40. The molecule has 0 fully saturated rings. The van der Waals surface area contributed by atoms with E-state index in [0.29, 0.717) is 36.0 Å². The molecule has 0 atom stereocenters. The Morgan fingerprint density at radius 3 is 2.11 bits per heavy atom. The second-order valence-electron chi connectivity index (χ2n) is 8.42. The summed E-state index contributed by atoms with van der Waals surface area (Å²) in [5.74, 6) is 1.12. The number of rotatable bonds is 5. The first-order valence-corrected chi connectivity index (χ1v) is 11.8. The molecule has 4 aromatic carbocycles. The molecule has 6 nitrogen and oxygen atoms in total. The molecule has 1 N–H and O–H groups in total. The second kappa shape index (κ2) is 9.43. The van der Waals surface area contributed by atoms with E-state index in [1.54, 1.807) is 30.3 Å². The Hall–Kier alpha value is -4.84. The molecule has 5 aromatic rings. The number of carbonyl (C=O) groups excluding carboxylic acids is 1. The lowest BCUT2D eigenvalue weighted by atomic mass is 10.1. The molecule has 0 spiro atoms. The van der Waals surface area contributed by atoms with Gasteiger partial charge in [0.2, 0.25) is 0 Å². The Bertz CT molecular complexity index is 1510. The molecule has 0 radical (unpaired) electrons. The van der Waals surface area contributed by atoms with Crippen molar-refractivity contribution in [3.05, 3.63) is 115 Å². The third-order valence-corrected chi connectivity index (χ3v) is 6.02. The van der Waals surface area contributed by atoms with Gasteiger partial charge in [0.05, 0.1) is 17.1 Å². The van der Waals surface area contributed by atoms with Gasteiger partial charge in [-0.1, -0.05) is 60.7 Å². The van der Waals surface area contributed by atoms with Gasteiger partial charge in [-0.25, -0.2) is 4.68 Å². The van der Waals surface area contributed by atoms with Gasteiger partial charge in [0.15, 0.2) is 11.5 Å². The minimum Gasteiger partial charge on any atom is -0.486 e. The predicted molar refractivity (Wildman–Crippen MR) is 140 cm³/mol. The van der Waals surface area contributed by atoms with Crippen molar-refractivity contribution < 1.29 is 14.3 Å². The minimum absolute atomic E-state index is 0.202. The number of benzene rings is 4. The van der Waals surface area contributed by atoms with Crippen LogP contribution in [0.4, 0.5) is 5.69 Å². The fourth-order valence-corrected chi connectivity index (χ4v) is 4.22. The summed E-state index contributed by atoms with van der Waals surface area (Å²) in [5, 5.41) is 7.83. The van der Waals surface area contributed by atoms with Crippen molar-refractivity contribution in [1.29, 1.82) is 0 Å². The Morgan fingerprint density at radius 2 is 1.39 bits per heavy atom. The highest BCUT2D eigenvalue weighted by Gasteiger charge is 2.15. The molecule has 1 aliphatic rings. The first-order valence-electron chi connectivity index (χ1n) is 11.8. The number of hydrogen-bond donors (Lipinski definition) is 1. The Balaban J connectivity index is 1.29. The van der Waals surface area contributed by atoms with Gasteiger partial charge in [0.25, 0.3) is 5.91 Å². The van der Waals surface area contributed by atoms with Crippen molar-refractivity contribution in [2.24, 2.45) is 0 Å². The third-order valence-electron chi connectivity index (χ3n) is 6.02. The highest BCUT2D eigenvalue weighted by Crippen LogP contribution is 2.33. The summed E-state index contributed by atoms with van der Waals surface area (Å²) in [7, 11) is 0. The second-order valence-corrected chi connectivity index (χ2v) is 8.42. The van der Waals surface area contributed by atoms with Crippen molar-refractivity contribution in [2.45, 2.75) is 0 Å². The van der Waals surface area contributed by atoms with Crippen LogP contribution in [-0.4, -0.2) is 28.9 Å². The highest BCUT2D eigenvalue weighted by atomic mass is 16.6. The maximum atomic E-state index is 12.9. The van der Waals surface area contributed by atoms with E-state index in [9.17, 15) is 4.79 Å². The molecule has 1 aliphatic heterocycles. The lowest BCUT2D eigenvalue weighted by Gasteiger charge is -2.19. The summed E-state index contributed by atoms with van der Waals surface area (Å²) in [5.41, 5.74) is 6.03. The number of ether oxygens (including phenoxy) is 2. The van der Waals surface area contributed by atoms with Crippen LogP contribution in [0.3, 0.4) is 0 Å². The van der Waals surface area contributed by atoms with E-state index in [1.807, 2.05) is 65.3 Å². The molecule has 1 amide bonds. The number of amides is 1. The summed E-state index contributed by atoms with van der Waals surface area (Å²) in [4.78, 5) is 12.9. The number of anilines is 1. The van der Waals surface area contributed by atoms with Crippen LogP contribution < -0.4 is 14.8 Å². The van der Waals surface area contributed by atoms with Gasteiger partial charge in [-0.2, -0.15) is 5.10 Å². The smallest absolute Gasteiger partial charge is 0.255 e. The fourth-order valence-electron chi connectivity index (χ4n) is 4.22. The van der Waals surface area contributed by atoms with Gasteiger partial charge in [0.1, 0.15) is 13.2 Å². The molecule has 6 heteroatoms. The normalized spacial score (nSPS) is 12.2. The summed E-state index contributed by atoms with van der Waals surface area (Å²) >= 11 is 0. The number of hydrogen-bond acceptors (Lipinski definition) is 4.